The van der Waals surface area contributed by atoms with Gasteiger partial charge in [-0.2, -0.15) is 4.68 Å². The molecule has 1 N–H and O–H groups in total. The zero-order chi connectivity index (χ0) is 15.7. The van der Waals surface area contributed by atoms with Gasteiger partial charge in [-0.05, 0) is 49.2 Å². The van der Waals surface area contributed by atoms with Crippen molar-refractivity contribution >= 4 is 35.4 Å². The van der Waals surface area contributed by atoms with E-state index in [4.69, 9.17) is 39.8 Å². The van der Waals surface area contributed by atoms with Crippen LogP contribution in [0.3, 0.4) is 0 Å². The molecule has 2 heterocycles. The fourth-order valence-corrected chi connectivity index (χ4v) is 3.39. The van der Waals surface area contributed by atoms with Crippen molar-refractivity contribution in [1.29, 1.82) is 0 Å². The molecule has 22 heavy (non-hydrogen) atoms. The zero-order valence-electron chi connectivity index (χ0n) is 12.3. The van der Waals surface area contributed by atoms with E-state index in [1.165, 1.54) is 17.7 Å². The van der Waals surface area contributed by atoms with Gasteiger partial charge < -0.3 is 9.32 Å². The van der Waals surface area contributed by atoms with Crippen molar-refractivity contribution < 1.29 is 9.32 Å². The Bertz CT molecular complexity index is 720. The van der Waals surface area contributed by atoms with Crippen LogP contribution in [0.2, 0.25) is 10.0 Å². The Morgan fingerprint density at radius 2 is 2.09 bits per heavy atom. The Balaban J connectivity index is 1.80. The number of rotatable bonds is 3. The Hall–Kier alpha value is -0.880. The third-order valence-electron chi connectivity index (χ3n) is 4.12. The Labute approximate surface area is 144 Å². The molecule has 0 amide bonds. The summed E-state index contributed by atoms with van der Waals surface area (Å²) in [6.07, 6.45) is 2.49. The number of likely N-dealkylation sites (tertiary alicyclic amines) is 1. The first-order valence-electron chi connectivity index (χ1n) is 7.40. The third kappa shape index (κ3) is 3.54. The second kappa shape index (κ2) is 6.71. The van der Waals surface area contributed by atoms with Gasteiger partial charge >= 0.3 is 0 Å². The number of quaternary nitrogens is 1. The van der Waals surface area contributed by atoms with E-state index in [1.807, 2.05) is 0 Å². The van der Waals surface area contributed by atoms with Crippen molar-refractivity contribution in [2.75, 3.05) is 13.1 Å². The number of benzene rings is 1. The topological polar surface area (TPSA) is 35.4 Å². The van der Waals surface area contributed by atoms with E-state index < -0.39 is 0 Å². The molecule has 1 saturated heterocycles. The first-order valence-corrected chi connectivity index (χ1v) is 8.56. The number of piperidine rings is 1. The van der Waals surface area contributed by atoms with E-state index in [1.54, 1.807) is 22.9 Å². The molecule has 1 aliphatic heterocycles. The van der Waals surface area contributed by atoms with Gasteiger partial charge in [-0.15, -0.1) is 5.10 Å². The molecule has 0 saturated carbocycles. The Kier molecular flexibility index (Phi) is 4.88. The summed E-state index contributed by atoms with van der Waals surface area (Å²) in [7, 11) is 0. The van der Waals surface area contributed by atoms with Crippen LogP contribution in [0.1, 0.15) is 19.8 Å². The Morgan fingerprint density at radius 3 is 2.77 bits per heavy atom. The minimum atomic E-state index is 0.382. The van der Waals surface area contributed by atoms with E-state index in [0.29, 0.717) is 26.3 Å². The predicted molar refractivity (Wildman–Crippen MR) is 89.9 cm³/mol. The first-order chi connectivity index (χ1) is 10.5. The lowest BCUT2D eigenvalue weighted by atomic mass is 10.00. The molecule has 0 spiro atoms. The smallest absolute Gasteiger partial charge is 0.292 e. The number of hydrogen-bond donors (Lipinski definition) is 1. The predicted octanol–water partition coefficient (Wildman–Crippen LogP) is 3.45. The van der Waals surface area contributed by atoms with Crippen molar-refractivity contribution in [3.8, 4) is 11.5 Å². The minimum Gasteiger partial charge on any atom is -0.409 e. The molecule has 1 aliphatic rings. The van der Waals surface area contributed by atoms with Gasteiger partial charge in [-0.3, -0.25) is 0 Å². The summed E-state index contributed by atoms with van der Waals surface area (Å²) in [5.74, 6) is 1.26. The van der Waals surface area contributed by atoms with Crippen LogP contribution in [-0.4, -0.2) is 22.9 Å². The van der Waals surface area contributed by atoms with Crippen molar-refractivity contribution in [2.45, 2.75) is 26.4 Å². The van der Waals surface area contributed by atoms with Crippen LogP contribution in [0.25, 0.3) is 11.5 Å². The van der Waals surface area contributed by atoms with Gasteiger partial charge in [-0.25, -0.2) is 0 Å². The maximum atomic E-state index is 6.20. The molecule has 0 atom stereocenters. The molecule has 7 heteroatoms. The van der Waals surface area contributed by atoms with Crippen molar-refractivity contribution in [3.63, 3.8) is 0 Å². The summed E-state index contributed by atoms with van der Waals surface area (Å²) in [5.41, 5.74) is 0.707. The van der Waals surface area contributed by atoms with E-state index in [2.05, 4.69) is 12.0 Å². The molecule has 3 rings (SSSR count). The second-order valence-electron chi connectivity index (χ2n) is 5.89. The fourth-order valence-electron chi connectivity index (χ4n) is 2.72. The van der Waals surface area contributed by atoms with E-state index in [9.17, 15) is 0 Å². The van der Waals surface area contributed by atoms with Gasteiger partial charge in [0.1, 0.15) is 0 Å². The average Bonchev–Trinajstić information content (AvgIpc) is 2.82. The van der Waals surface area contributed by atoms with Crippen LogP contribution < -0.4 is 4.90 Å². The molecule has 0 aliphatic carbocycles. The second-order valence-corrected chi connectivity index (χ2v) is 7.08. The normalized spacial score (nSPS) is 22.0. The zero-order valence-corrected chi connectivity index (χ0v) is 14.6. The highest BCUT2D eigenvalue weighted by molar-refractivity contribution is 7.71. The van der Waals surface area contributed by atoms with Gasteiger partial charge in [0, 0.05) is 5.02 Å². The molecule has 0 unspecified atom stereocenters. The summed E-state index contributed by atoms with van der Waals surface area (Å²) in [6, 6.07) is 5.23. The quantitative estimate of drug-likeness (QED) is 0.853. The van der Waals surface area contributed by atoms with Crippen LogP contribution >= 0.6 is 35.4 Å². The number of hydrogen-bond acceptors (Lipinski definition) is 3. The van der Waals surface area contributed by atoms with Gasteiger partial charge in [0.05, 0.1) is 23.7 Å². The lowest BCUT2D eigenvalue weighted by Crippen LogP contribution is -3.12. The van der Waals surface area contributed by atoms with Gasteiger partial charge in [-0.1, -0.05) is 30.1 Å². The molecule has 0 bridgehead atoms. The maximum absolute atomic E-state index is 6.20. The lowest BCUT2D eigenvalue weighted by molar-refractivity contribution is -0.929. The largest absolute Gasteiger partial charge is 0.409 e. The van der Waals surface area contributed by atoms with Crippen molar-refractivity contribution in [2.24, 2.45) is 5.92 Å². The standard InChI is InChI=1S/C15H17Cl2N3OS/c1-10-4-6-19(7-5-10)9-20-15(22)21-14(18-20)12-3-2-11(16)8-13(12)17/h2-3,8,10H,4-7,9H2,1H3/p+1. The maximum Gasteiger partial charge on any atom is 0.292 e. The highest BCUT2D eigenvalue weighted by atomic mass is 35.5. The summed E-state index contributed by atoms with van der Waals surface area (Å²) in [4.78, 5) is 1.86. The first kappa shape index (κ1) is 16.0. The Morgan fingerprint density at radius 1 is 1.36 bits per heavy atom. The molecule has 0 radical (unpaired) electrons. The van der Waals surface area contributed by atoms with E-state index in [-0.39, 0.29) is 0 Å². The highest BCUT2D eigenvalue weighted by Gasteiger charge is 2.21. The summed E-state index contributed by atoms with van der Waals surface area (Å²) in [5, 5.41) is 5.57. The van der Waals surface area contributed by atoms with Crippen LogP contribution in [0, 0.1) is 10.8 Å². The SMILES string of the molecule is CC1CC[NH+](Cn2nc(-c3ccc(Cl)cc3Cl)oc2=S)CC1. The van der Waals surface area contributed by atoms with Gasteiger partial charge in [0.25, 0.3) is 4.84 Å². The van der Waals surface area contributed by atoms with Crippen LogP contribution in [0.5, 0.6) is 0 Å². The van der Waals surface area contributed by atoms with Crippen molar-refractivity contribution in [1.82, 2.24) is 9.78 Å². The van der Waals surface area contributed by atoms with E-state index in [0.717, 1.165) is 25.7 Å². The number of halogens is 2. The molecular formula is C15H18Cl2N3OS+. The van der Waals surface area contributed by atoms with E-state index >= 15 is 0 Å². The number of nitrogens with zero attached hydrogens (tertiary/aromatic N) is 2. The van der Waals surface area contributed by atoms with Gasteiger partial charge in [0.15, 0.2) is 6.67 Å². The number of aromatic nitrogens is 2. The molecule has 1 aromatic carbocycles. The molecule has 4 nitrogen and oxygen atoms in total. The number of nitrogens with one attached hydrogen (secondary N) is 1. The monoisotopic (exact) mass is 358 g/mol. The van der Waals surface area contributed by atoms with Crippen LogP contribution in [-0.2, 0) is 6.67 Å². The summed E-state index contributed by atoms with van der Waals surface area (Å²) in [6.45, 7) is 5.33. The van der Waals surface area contributed by atoms with Crippen molar-refractivity contribution in [3.05, 3.63) is 33.1 Å². The molecule has 1 aromatic heterocycles. The fraction of sp³-hybridized carbons (Fsp3) is 0.467. The molecular weight excluding hydrogens is 341 g/mol. The summed E-state index contributed by atoms with van der Waals surface area (Å²) < 4.78 is 7.36. The van der Waals surface area contributed by atoms with Crippen LogP contribution in [0.15, 0.2) is 22.6 Å². The average molecular weight is 359 g/mol. The highest BCUT2D eigenvalue weighted by Crippen LogP contribution is 2.29. The summed E-state index contributed by atoms with van der Waals surface area (Å²) >= 11 is 17.4. The molecule has 2 aromatic rings. The molecule has 1 fully saturated rings. The van der Waals surface area contributed by atoms with Crippen LogP contribution in [0.4, 0.5) is 0 Å². The van der Waals surface area contributed by atoms with Gasteiger partial charge in [0.2, 0.25) is 5.89 Å². The minimum absolute atomic E-state index is 0.382. The third-order valence-corrected chi connectivity index (χ3v) is 4.96. The lowest BCUT2D eigenvalue weighted by Gasteiger charge is -2.26. The molecule has 118 valence electrons.